The van der Waals surface area contributed by atoms with E-state index in [0.717, 1.165) is 19.3 Å². The van der Waals surface area contributed by atoms with Gasteiger partial charge < -0.3 is 9.79 Å². The fraction of sp³-hybridized carbons (Fsp3) is 1.00. The highest BCUT2D eigenvalue weighted by Gasteiger charge is 2.13. The molecule has 29 heavy (non-hydrogen) atoms. The number of unbranched alkanes of at least 4 members (excludes halogenated alkanes) is 12. The number of phosphoric acid groups is 1. The summed E-state index contributed by atoms with van der Waals surface area (Å²) in [6.07, 6.45) is 16.6. The van der Waals surface area contributed by atoms with Crippen molar-refractivity contribution in [2.45, 2.75) is 96.8 Å². The topological polar surface area (TPSA) is 101 Å². The van der Waals surface area contributed by atoms with Gasteiger partial charge in [-0.2, -0.15) is 11.8 Å². The van der Waals surface area contributed by atoms with Crippen molar-refractivity contribution < 1.29 is 27.3 Å². The lowest BCUT2D eigenvalue weighted by molar-refractivity contribution is 0.198. The van der Waals surface area contributed by atoms with E-state index in [-0.39, 0.29) is 18.1 Å². The van der Waals surface area contributed by atoms with Gasteiger partial charge in [0.05, 0.1) is 18.1 Å². The molecule has 0 rings (SSSR count). The Hall–Kier alpha value is 0.410. The predicted octanol–water partition coefficient (Wildman–Crippen LogP) is 5.73. The summed E-state index contributed by atoms with van der Waals surface area (Å²) in [7, 11) is -7.38. The summed E-state index contributed by atoms with van der Waals surface area (Å²) in [6.45, 7) is 2.23. The third-order valence-corrected chi connectivity index (χ3v) is 8.37. The smallest absolute Gasteiger partial charge is 0.303 e. The Morgan fingerprint density at radius 2 is 1.21 bits per heavy atom. The zero-order chi connectivity index (χ0) is 21.8. The Morgan fingerprint density at radius 1 is 0.724 bits per heavy atom. The molecule has 0 spiro atoms. The summed E-state index contributed by atoms with van der Waals surface area (Å²) in [4.78, 5) is 17.1. The summed E-state index contributed by atoms with van der Waals surface area (Å²) in [6, 6.07) is 0. The van der Waals surface area contributed by atoms with Crippen LogP contribution in [-0.2, 0) is 18.9 Å². The van der Waals surface area contributed by atoms with Gasteiger partial charge in [-0.25, -0.2) is 13.0 Å². The summed E-state index contributed by atoms with van der Waals surface area (Å²) in [5, 5.41) is 0. The largest absolute Gasteiger partial charge is 0.469 e. The lowest BCUT2D eigenvalue weighted by atomic mass is 10.1. The molecule has 176 valence electrons. The molecule has 0 radical (unpaired) electrons. The van der Waals surface area contributed by atoms with Crippen LogP contribution in [0.2, 0.25) is 0 Å². The molecule has 0 amide bonds. The SMILES string of the molecule is CCCCCCCCCCCCCCCS(=O)(=O)CCSCCCOP(=O)(O)O. The van der Waals surface area contributed by atoms with Gasteiger partial charge in [0, 0.05) is 5.75 Å². The van der Waals surface area contributed by atoms with Gasteiger partial charge in [0.25, 0.3) is 0 Å². The number of phosphoric ester groups is 1. The zero-order valence-corrected chi connectivity index (χ0v) is 20.8. The minimum absolute atomic E-state index is 0.0109. The maximum atomic E-state index is 12.0. The molecule has 0 unspecified atom stereocenters. The van der Waals surface area contributed by atoms with E-state index in [1.165, 1.54) is 76.0 Å². The number of hydrogen-bond donors (Lipinski definition) is 2. The van der Waals surface area contributed by atoms with E-state index in [1.54, 1.807) is 0 Å². The van der Waals surface area contributed by atoms with Crippen molar-refractivity contribution >= 4 is 29.4 Å². The second-order valence-corrected chi connectivity index (χ2v) is 12.5. The number of hydrogen-bond acceptors (Lipinski definition) is 5. The molecule has 0 aromatic carbocycles. The highest BCUT2D eigenvalue weighted by atomic mass is 32.2. The molecule has 0 atom stereocenters. The normalized spacial score (nSPS) is 12.5. The van der Waals surface area contributed by atoms with Gasteiger partial charge in [-0.1, -0.05) is 84.0 Å². The monoisotopic (exact) mass is 474 g/mol. The molecule has 0 aliphatic carbocycles. The maximum Gasteiger partial charge on any atom is 0.469 e. The van der Waals surface area contributed by atoms with Gasteiger partial charge >= 0.3 is 7.82 Å². The fourth-order valence-corrected chi connectivity index (χ4v) is 6.30. The van der Waals surface area contributed by atoms with Gasteiger partial charge in [-0.05, 0) is 18.6 Å². The van der Waals surface area contributed by atoms with Crippen LogP contribution in [0.4, 0.5) is 0 Å². The van der Waals surface area contributed by atoms with Crippen LogP contribution in [0.25, 0.3) is 0 Å². The summed E-state index contributed by atoms with van der Waals surface area (Å²) in [5.74, 6) is 1.60. The Labute approximate surface area is 183 Å². The van der Waals surface area contributed by atoms with E-state index in [4.69, 9.17) is 9.79 Å². The second-order valence-electron chi connectivity index (χ2n) is 7.68. The fourth-order valence-electron chi connectivity index (χ4n) is 3.07. The number of thioether (sulfide) groups is 1. The lowest BCUT2D eigenvalue weighted by Gasteiger charge is -2.06. The van der Waals surface area contributed by atoms with E-state index in [2.05, 4.69) is 11.4 Å². The van der Waals surface area contributed by atoms with Crippen molar-refractivity contribution in [2.24, 2.45) is 0 Å². The third kappa shape index (κ3) is 24.6. The van der Waals surface area contributed by atoms with Crippen molar-refractivity contribution in [3.8, 4) is 0 Å². The molecule has 0 aromatic rings. The van der Waals surface area contributed by atoms with Crippen LogP contribution in [0.5, 0.6) is 0 Å². The first-order chi connectivity index (χ1) is 13.8. The molecule has 0 saturated heterocycles. The maximum absolute atomic E-state index is 12.0. The Balaban J connectivity index is 3.38. The van der Waals surface area contributed by atoms with E-state index < -0.39 is 17.7 Å². The summed E-state index contributed by atoms with van der Waals surface area (Å²) >= 11 is 1.48. The van der Waals surface area contributed by atoms with Crippen molar-refractivity contribution in [2.75, 3.05) is 29.6 Å². The van der Waals surface area contributed by atoms with E-state index in [0.29, 0.717) is 17.9 Å². The summed E-state index contributed by atoms with van der Waals surface area (Å²) < 4.78 is 38.9. The van der Waals surface area contributed by atoms with Gasteiger partial charge in [0.1, 0.15) is 0 Å². The molecular formula is C20H43O6PS2. The average molecular weight is 475 g/mol. The predicted molar refractivity (Wildman–Crippen MR) is 124 cm³/mol. The first-order valence-electron chi connectivity index (χ1n) is 11.2. The molecule has 0 bridgehead atoms. The van der Waals surface area contributed by atoms with Gasteiger partial charge in [-0.15, -0.1) is 0 Å². The highest BCUT2D eigenvalue weighted by Crippen LogP contribution is 2.35. The van der Waals surface area contributed by atoms with Crippen LogP contribution in [-0.4, -0.2) is 47.8 Å². The Bertz CT molecular complexity index is 507. The van der Waals surface area contributed by atoms with Gasteiger partial charge in [0.15, 0.2) is 9.84 Å². The van der Waals surface area contributed by atoms with Crippen LogP contribution in [0.3, 0.4) is 0 Å². The van der Waals surface area contributed by atoms with Crippen LogP contribution in [0.1, 0.15) is 96.8 Å². The third-order valence-electron chi connectivity index (χ3n) is 4.79. The van der Waals surface area contributed by atoms with E-state index in [9.17, 15) is 13.0 Å². The second kappa shape index (κ2) is 19.1. The minimum atomic E-state index is -4.39. The van der Waals surface area contributed by atoms with Crippen molar-refractivity contribution in [3.05, 3.63) is 0 Å². The number of sulfone groups is 1. The first-order valence-corrected chi connectivity index (χ1v) is 15.8. The molecule has 0 aliphatic rings. The summed E-state index contributed by atoms with van der Waals surface area (Å²) in [5.41, 5.74) is 0. The van der Waals surface area contributed by atoms with Crippen LogP contribution in [0.15, 0.2) is 0 Å². The van der Waals surface area contributed by atoms with Crippen LogP contribution in [0, 0.1) is 0 Å². The molecule has 6 nitrogen and oxygen atoms in total. The molecular weight excluding hydrogens is 431 g/mol. The Morgan fingerprint density at radius 3 is 1.69 bits per heavy atom. The van der Waals surface area contributed by atoms with E-state index in [1.807, 2.05) is 0 Å². The zero-order valence-electron chi connectivity index (χ0n) is 18.2. The molecule has 2 N–H and O–H groups in total. The van der Waals surface area contributed by atoms with Crippen LogP contribution < -0.4 is 0 Å². The molecule has 0 saturated carbocycles. The quantitative estimate of drug-likeness (QED) is 0.153. The van der Waals surface area contributed by atoms with Crippen molar-refractivity contribution in [3.63, 3.8) is 0 Å². The lowest BCUT2D eigenvalue weighted by Crippen LogP contribution is -2.13. The molecule has 0 fully saturated rings. The van der Waals surface area contributed by atoms with Gasteiger partial charge in [0.2, 0.25) is 0 Å². The van der Waals surface area contributed by atoms with Crippen molar-refractivity contribution in [1.82, 2.24) is 0 Å². The minimum Gasteiger partial charge on any atom is -0.303 e. The first kappa shape index (κ1) is 29.4. The Kier molecular flexibility index (Phi) is 19.4. The molecule has 9 heteroatoms. The highest BCUT2D eigenvalue weighted by molar-refractivity contribution is 8.00. The van der Waals surface area contributed by atoms with Crippen molar-refractivity contribution in [1.29, 1.82) is 0 Å². The van der Waals surface area contributed by atoms with Gasteiger partial charge in [-0.3, -0.25) is 4.52 Å². The molecule has 0 heterocycles. The average Bonchev–Trinajstić information content (AvgIpc) is 2.63. The standard InChI is InChI=1S/C20H43O6PS2/c1-2-3-4-5-6-7-8-9-10-11-12-13-14-19-29(24,25)20-18-28-17-15-16-26-27(21,22)23/h2-20H2,1H3,(H2,21,22,23). The number of rotatable bonds is 22. The van der Waals surface area contributed by atoms with E-state index >= 15 is 0 Å². The van der Waals surface area contributed by atoms with Crippen LogP contribution >= 0.6 is 19.6 Å². The molecule has 0 aliphatic heterocycles. The molecule has 0 aromatic heterocycles.